The number of rotatable bonds is 1. The zero-order valence-corrected chi connectivity index (χ0v) is 19.8. The first kappa shape index (κ1) is 20.1. The van der Waals surface area contributed by atoms with Crippen molar-refractivity contribution >= 4 is 12.6 Å². The Morgan fingerprint density at radius 1 is 0.618 bits per heavy atom. The summed E-state index contributed by atoms with van der Waals surface area (Å²) in [7, 11) is -0.417. The molecule has 2 aromatic heterocycles. The highest BCUT2D eigenvalue weighted by atomic mass is 16.7. The Morgan fingerprint density at radius 3 is 1.82 bits per heavy atom. The van der Waals surface area contributed by atoms with Crippen molar-refractivity contribution < 1.29 is 9.31 Å². The van der Waals surface area contributed by atoms with Crippen molar-refractivity contribution in [3.05, 3.63) is 102 Å². The third-order valence-corrected chi connectivity index (χ3v) is 8.33. The molecule has 1 spiro atoms. The molecule has 7 rings (SSSR count). The molecule has 0 radical (unpaired) electrons. The second-order valence-corrected chi connectivity index (χ2v) is 10.5. The van der Waals surface area contributed by atoms with E-state index in [0.29, 0.717) is 0 Å². The molecule has 166 valence electrons. The second kappa shape index (κ2) is 6.44. The second-order valence-electron chi connectivity index (χ2n) is 10.5. The Kier molecular flexibility index (Phi) is 3.81. The lowest BCUT2D eigenvalue weighted by molar-refractivity contribution is 0.00578. The molecule has 1 atom stereocenters. The fraction of sp³-hybridized carbons (Fsp3) is 0.241. The van der Waals surface area contributed by atoms with Gasteiger partial charge in [0.1, 0.15) is 0 Å². The van der Waals surface area contributed by atoms with Gasteiger partial charge in [-0.1, -0.05) is 42.5 Å². The van der Waals surface area contributed by atoms with E-state index in [1.807, 2.05) is 24.8 Å². The fourth-order valence-electron chi connectivity index (χ4n) is 6.00. The highest BCUT2D eigenvalue weighted by Gasteiger charge is 2.54. The van der Waals surface area contributed by atoms with E-state index in [-0.39, 0.29) is 0 Å². The first-order valence-corrected chi connectivity index (χ1v) is 11.8. The van der Waals surface area contributed by atoms with Gasteiger partial charge in [-0.15, -0.1) is 0 Å². The Bertz CT molecular complexity index is 1410. The molecule has 2 aliphatic carbocycles. The van der Waals surface area contributed by atoms with Crippen LogP contribution in [0.5, 0.6) is 0 Å². The maximum Gasteiger partial charge on any atom is 0.494 e. The Labute approximate surface area is 200 Å². The van der Waals surface area contributed by atoms with E-state index in [1.54, 1.807) is 0 Å². The molecule has 5 heteroatoms. The van der Waals surface area contributed by atoms with Crippen LogP contribution in [0.4, 0.5) is 0 Å². The summed E-state index contributed by atoms with van der Waals surface area (Å²) in [6, 6.07) is 19.6. The van der Waals surface area contributed by atoms with Gasteiger partial charge in [-0.05, 0) is 89.8 Å². The number of benzene rings is 2. The van der Waals surface area contributed by atoms with Crippen LogP contribution in [0.15, 0.2) is 79.4 Å². The van der Waals surface area contributed by atoms with Gasteiger partial charge in [0.15, 0.2) is 0 Å². The monoisotopic (exact) mass is 444 g/mol. The highest BCUT2D eigenvalue weighted by Crippen LogP contribution is 2.62. The minimum Gasteiger partial charge on any atom is -0.399 e. The number of pyridine rings is 2. The first-order chi connectivity index (χ1) is 16.3. The Hall–Kier alpha value is -3.28. The molecule has 1 saturated heterocycles. The molecule has 0 N–H and O–H groups in total. The molecule has 1 unspecified atom stereocenters. The van der Waals surface area contributed by atoms with E-state index in [1.165, 1.54) is 44.5 Å². The number of aromatic nitrogens is 2. The van der Waals surface area contributed by atoms with Crippen LogP contribution in [0, 0.1) is 0 Å². The molecule has 34 heavy (non-hydrogen) atoms. The molecule has 4 nitrogen and oxygen atoms in total. The van der Waals surface area contributed by atoms with E-state index in [0.717, 1.165) is 5.46 Å². The summed E-state index contributed by atoms with van der Waals surface area (Å²) >= 11 is 0. The van der Waals surface area contributed by atoms with Crippen LogP contribution in [0.2, 0.25) is 0 Å². The van der Waals surface area contributed by atoms with Crippen molar-refractivity contribution in [1.29, 1.82) is 0 Å². The van der Waals surface area contributed by atoms with Crippen molar-refractivity contribution in [1.82, 2.24) is 9.97 Å². The van der Waals surface area contributed by atoms with Crippen molar-refractivity contribution in [2.75, 3.05) is 0 Å². The molecule has 1 fully saturated rings. The van der Waals surface area contributed by atoms with Crippen molar-refractivity contribution in [2.45, 2.75) is 44.3 Å². The quantitative estimate of drug-likeness (QED) is 0.330. The highest BCUT2D eigenvalue weighted by molar-refractivity contribution is 6.62. The first-order valence-electron chi connectivity index (χ1n) is 11.8. The SMILES string of the molecule is CC1(C)OB(c2ccc3c(c2)C2(c4ccccc4-c4ccncc42)c2cnccc2-3)OC1(C)C. The van der Waals surface area contributed by atoms with Crippen molar-refractivity contribution in [2.24, 2.45) is 0 Å². The largest absolute Gasteiger partial charge is 0.494 e. The number of fused-ring (bicyclic) bond motifs is 10. The average molecular weight is 444 g/mol. The van der Waals surface area contributed by atoms with Crippen LogP contribution in [0.25, 0.3) is 22.3 Å². The van der Waals surface area contributed by atoms with Crippen LogP contribution in [-0.4, -0.2) is 28.3 Å². The summed E-state index contributed by atoms with van der Waals surface area (Å²) in [6.45, 7) is 8.38. The van der Waals surface area contributed by atoms with Crippen molar-refractivity contribution in [3.8, 4) is 22.3 Å². The van der Waals surface area contributed by atoms with Gasteiger partial charge < -0.3 is 9.31 Å². The Morgan fingerprint density at radius 2 is 1.18 bits per heavy atom. The summed E-state index contributed by atoms with van der Waals surface area (Å²) < 4.78 is 12.9. The number of hydrogen-bond donors (Lipinski definition) is 0. The minimum absolute atomic E-state index is 0.391. The molecule has 0 saturated carbocycles. The van der Waals surface area contributed by atoms with E-state index < -0.39 is 23.7 Å². The van der Waals surface area contributed by atoms with E-state index in [4.69, 9.17) is 9.31 Å². The van der Waals surface area contributed by atoms with E-state index in [2.05, 4.69) is 92.3 Å². The lowest BCUT2D eigenvalue weighted by Gasteiger charge is -2.32. The van der Waals surface area contributed by atoms with Crippen LogP contribution in [0.1, 0.15) is 49.9 Å². The number of nitrogens with zero attached hydrogens (tertiary/aromatic N) is 2. The van der Waals surface area contributed by atoms with Gasteiger partial charge in [-0.3, -0.25) is 9.97 Å². The van der Waals surface area contributed by atoms with E-state index in [9.17, 15) is 0 Å². The van der Waals surface area contributed by atoms with Gasteiger partial charge in [0.2, 0.25) is 0 Å². The Balaban J connectivity index is 1.53. The van der Waals surface area contributed by atoms with Gasteiger partial charge in [-0.2, -0.15) is 0 Å². The lowest BCUT2D eigenvalue weighted by atomic mass is 9.69. The summed E-state index contributed by atoms with van der Waals surface area (Å²) in [4.78, 5) is 9.14. The van der Waals surface area contributed by atoms with Gasteiger partial charge in [0.05, 0.1) is 16.6 Å². The van der Waals surface area contributed by atoms with Crippen LogP contribution in [0.3, 0.4) is 0 Å². The molecular weight excluding hydrogens is 419 g/mol. The fourth-order valence-corrected chi connectivity index (χ4v) is 6.00. The third kappa shape index (κ3) is 2.31. The zero-order valence-electron chi connectivity index (χ0n) is 19.8. The molecule has 0 amide bonds. The summed E-state index contributed by atoms with van der Waals surface area (Å²) in [5.74, 6) is 0. The predicted octanol–water partition coefficient (Wildman–Crippen LogP) is 5.12. The van der Waals surface area contributed by atoms with Gasteiger partial charge in [-0.25, -0.2) is 0 Å². The maximum absolute atomic E-state index is 6.43. The van der Waals surface area contributed by atoms with Crippen molar-refractivity contribution in [3.63, 3.8) is 0 Å². The minimum atomic E-state index is -0.460. The summed E-state index contributed by atoms with van der Waals surface area (Å²) in [5.41, 5.74) is 9.64. The van der Waals surface area contributed by atoms with Gasteiger partial charge >= 0.3 is 7.12 Å². The third-order valence-electron chi connectivity index (χ3n) is 8.33. The predicted molar refractivity (Wildman–Crippen MR) is 134 cm³/mol. The lowest BCUT2D eigenvalue weighted by Crippen LogP contribution is -2.41. The standard InChI is InChI=1S/C29H25BN2O2/c1-27(2)28(3,4)34-30(33-27)18-9-10-20-22-12-14-32-17-26(22)29(24(20)15-18)23-8-6-5-7-19(23)21-11-13-31-16-25(21)29/h5-17H,1-4H3. The van der Waals surface area contributed by atoms with Crippen LogP contribution >= 0.6 is 0 Å². The topological polar surface area (TPSA) is 44.2 Å². The maximum atomic E-state index is 6.43. The summed E-state index contributed by atoms with van der Waals surface area (Å²) in [5, 5.41) is 0. The average Bonchev–Trinajstić information content (AvgIpc) is 3.39. The summed E-state index contributed by atoms with van der Waals surface area (Å²) in [6.07, 6.45) is 7.83. The van der Waals surface area contributed by atoms with E-state index >= 15 is 0 Å². The molecule has 3 heterocycles. The molecule has 2 aromatic carbocycles. The molecular formula is C29H25BN2O2. The van der Waals surface area contributed by atoms with Crippen LogP contribution in [-0.2, 0) is 14.7 Å². The van der Waals surface area contributed by atoms with Gasteiger partial charge in [0.25, 0.3) is 0 Å². The smallest absolute Gasteiger partial charge is 0.399 e. The molecule has 4 aromatic rings. The zero-order chi connectivity index (χ0) is 23.3. The normalized spacial score (nSPS) is 22.4. The molecule has 0 bridgehead atoms. The van der Waals surface area contributed by atoms with Crippen LogP contribution < -0.4 is 5.46 Å². The number of hydrogen-bond acceptors (Lipinski definition) is 4. The molecule has 3 aliphatic rings. The molecule has 1 aliphatic heterocycles. The van der Waals surface area contributed by atoms with Gasteiger partial charge in [0, 0.05) is 24.8 Å².